The molecule has 0 radical (unpaired) electrons. The van der Waals surface area contributed by atoms with Gasteiger partial charge in [-0.1, -0.05) is 15.9 Å². The third-order valence-corrected chi connectivity index (χ3v) is 1.96. The van der Waals surface area contributed by atoms with Crippen LogP contribution in [0.1, 0.15) is 13.8 Å². The molecule has 0 amide bonds. The summed E-state index contributed by atoms with van der Waals surface area (Å²) in [5, 5.41) is 14.5. The van der Waals surface area contributed by atoms with Crippen LogP contribution in [-0.2, 0) is 0 Å². The van der Waals surface area contributed by atoms with Crippen molar-refractivity contribution in [2.45, 2.75) is 13.8 Å². The molecule has 0 atom stereocenters. The fraction of sp³-hybridized carbons (Fsp3) is 0.222. The van der Waals surface area contributed by atoms with Gasteiger partial charge < -0.3 is 0 Å². The maximum Gasteiger partial charge on any atom is 0.272 e. The Morgan fingerprint density at radius 3 is 2.67 bits per heavy atom. The molecule has 0 aliphatic heterocycles. The van der Waals surface area contributed by atoms with Crippen LogP contribution in [0.25, 0.3) is 0 Å². The highest BCUT2D eigenvalue weighted by Crippen LogP contribution is 2.24. The number of anilines is 1. The Bertz CT molecular complexity index is 414. The second kappa shape index (κ2) is 4.88. The van der Waals surface area contributed by atoms with Crippen molar-refractivity contribution in [3.05, 3.63) is 32.8 Å². The molecule has 0 unspecified atom stereocenters. The largest absolute Gasteiger partial charge is 0.278 e. The number of benzene rings is 1. The number of hydrazone groups is 1. The predicted octanol–water partition coefficient (Wildman–Crippen LogP) is 3.17. The standard InChI is InChI=1S/C9H10BrN3O2/c1-6(2)11-12-8-3-7(10)4-9(5-8)13(14)15/h3-5,12H,1-2H3. The number of nitro benzene ring substituents is 1. The van der Waals surface area contributed by atoms with Gasteiger partial charge in [0.2, 0.25) is 0 Å². The van der Waals surface area contributed by atoms with E-state index in [1.807, 2.05) is 13.8 Å². The molecule has 0 aliphatic carbocycles. The smallest absolute Gasteiger partial charge is 0.272 e. The predicted molar refractivity (Wildman–Crippen MR) is 63.2 cm³/mol. The van der Waals surface area contributed by atoms with Gasteiger partial charge in [0, 0.05) is 22.3 Å². The summed E-state index contributed by atoms with van der Waals surface area (Å²) in [5.74, 6) is 0. The van der Waals surface area contributed by atoms with E-state index in [4.69, 9.17) is 0 Å². The lowest BCUT2D eigenvalue weighted by Crippen LogP contribution is -1.95. The highest BCUT2D eigenvalue weighted by Gasteiger charge is 2.07. The number of rotatable bonds is 3. The molecule has 0 aromatic heterocycles. The summed E-state index contributed by atoms with van der Waals surface area (Å²) in [4.78, 5) is 10.1. The SMILES string of the molecule is CC(C)=NNc1cc(Br)cc([N+](=O)[O-])c1. The van der Waals surface area contributed by atoms with Crippen LogP contribution in [0.4, 0.5) is 11.4 Å². The van der Waals surface area contributed by atoms with Crippen molar-refractivity contribution < 1.29 is 4.92 Å². The third-order valence-electron chi connectivity index (χ3n) is 1.50. The van der Waals surface area contributed by atoms with E-state index in [1.54, 1.807) is 6.07 Å². The van der Waals surface area contributed by atoms with Gasteiger partial charge in [-0.05, 0) is 19.9 Å². The average molecular weight is 272 g/mol. The molecule has 0 saturated heterocycles. The lowest BCUT2D eigenvalue weighted by Gasteiger charge is -2.01. The fourth-order valence-electron chi connectivity index (χ4n) is 0.920. The number of non-ortho nitro benzene ring substituents is 1. The molecule has 1 rings (SSSR count). The number of halogens is 1. The molecule has 15 heavy (non-hydrogen) atoms. The van der Waals surface area contributed by atoms with Gasteiger partial charge in [0.25, 0.3) is 5.69 Å². The summed E-state index contributed by atoms with van der Waals surface area (Å²) in [5.41, 5.74) is 4.18. The van der Waals surface area contributed by atoms with Crippen molar-refractivity contribution in [1.82, 2.24) is 0 Å². The van der Waals surface area contributed by atoms with E-state index in [2.05, 4.69) is 26.5 Å². The first-order valence-corrected chi connectivity index (χ1v) is 5.00. The van der Waals surface area contributed by atoms with E-state index in [-0.39, 0.29) is 5.69 Å². The molecule has 0 aliphatic rings. The van der Waals surface area contributed by atoms with Gasteiger partial charge in [-0.25, -0.2) is 0 Å². The molecule has 80 valence electrons. The molecule has 1 aromatic rings. The van der Waals surface area contributed by atoms with Crippen LogP contribution in [0.2, 0.25) is 0 Å². The average Bonchev–Trinajstić information content (AvgIpc) is 2.13. The van der Waals surface area contributed by atoms with Crippen LogP contribution in [-0.4, -0.2) is 10.6 Å². The van der Waals surface area contributed by atoms with Gasteiger partial charge in [0.1, 0.15) is 0 Å². The molecule has 1 N–H and O–H groups in total. The lowest BCUT2D eigenvalue weighted by molar-refractivity contribution is -0.384. The van der Waals surface area contributed by atoms with Gasteiger partial charge in [-0.15, -0.1) is 0 Å². The summed E-state index contributed by atoms with van der Waals surface area (Å²) >= 11 is 3.20. The molecule has 6 heteroatoms. The zero-order valence-corrected chi connectivity index (χ0v) is 9.91. The van der Waals surface area contributed by atoms with Crippen molar-refractivity contribution in [2.75, 3.05) is 5.43 Å². The topological polar surface area (TPSA) is 67.5 Å². The second-order valence-electron chi connectivity index (χ2n) is 3.13. The Hall–Kier alpha value is -1.43. The van der Waals surface area contributed by atoms with Gasteiger partial charge in [-0.2, -0.15) is 5.10 Å². The monoisotopic (exact) mass is 271 g/mol. The van der Waals surface area contributed by atoms with Gasteiger partial charge >= 0.3 is 0 Å². The van der Waals surface area contributed by atoms with E-state index < -0.39 is 4.92 Å². The first-order chi connectivity index (χ1) is 6.99. The van der Waals surface area contributed by atoms with Crippen LogP contribution in [0.15, 0.2) is 27.8 Å². The van der Waals surface area contributed by atoms with E-state index in [1.165, 1.54) is 12.1 Å². The minimum atomic E-state index is -0.446. The summed E-state index contributed by atoms with van der Waals surface area (Å²) in [6.45, 7) is 3.67. The highest BCUT2D eigenvalue weighted by atomic mass is 79.9. The quantitative estimate of drug-likeness (QED) is 0.522. The van der Waals surface area contributed by atoms with E-state index in [9.17, 15) is 10.1 Å². The molecule has 0 fully saturated rings. The van der Waals surface area contributed by atoms with Gasteiger partial charge in [0.15, 0.2) is 0 Å². The third kappa shape index (κ3) is 3.67. The van der Waals surface area contributed by atoms with Crippen molar-refractivity contribution >= 4 is 33.0 Å². The summed E-state index contributed by atoms with van der Waals surface area (Å²) in [7, 11) is 0. The Labute approximate surface area is 95.5 Å². The fourth-order valence-corrected chi connectivity index (χ4v) is 1.40. The van der Waals surface area contributed by atoms with Crippen molar-refractivity contribution in [2.24, 2.45) is 5.10 Å². The summed E-state index contributed by atoms with van der Waals surface area (Å²) in [6, 6.07) is 4.59. The zero-order valence-electron chi connectivity index (χ0n) is 8.32. The first kappa shape index (κ1) is 11.6. The molecule has 0 heterocycles. The van der Waals surface area contributed by atoms with Crippen LogP contribution in [0, 0.1) is 10.1 Å². The van der Waals surface area contributed by atoms with Crippen molar-refractivity contribution in [3.63, 3.8) is 0 Å². The number of hydrogen-bond acceptors (Lipinski definition) is 4. The second-order valence-corrected chi connectivity index (χ2v) is 4.04. The van der Waals surface area contributed by atoms with Crippen LogP contribution in [0.3, 0.4) is 0 Å². The van der Waals surface area contributed by atoms with E-state index >= 15 is 0 Å². The number of nitro groups is 1. The maximum absolute atomic E-state index is 10.6. The van der Waals surface area contributed by atoms with Crippen LogP contribution < -0.4 is 5.43 Å². The summed E-state index contributed by atoms with van der Waals surface area (Å²) in [6.07, 6.45) is 0. The Balaban J connectivity index is 2.99. The molecular weight excluding hydrogens is 262 g/mol. The normalized spacial score (nSPS) is 9.53. The van der Waals surface area contributed by atoms with Gasteiger partial charge in [0.05, 0.1) is 10.6 Å². The van der Waals surface area contributed by atoms with Crippen molar-refractivity contribution in [1.29, 1.82) is 0 Å². The number of nitrogens with zero attached hydrogens (tertiary/aromatic N) is 2. The van der Waals surface area contributed by atoms with Crippen molar-refractivity contribution in [3.8, 4) is 0 Å². The highest BCUT2D eigenvalue weighted by molar-refractivity contribution is 9.10. The Morgan fingerprint density at radius 2 is 2.13 bits per heavy atom. The first-order valence-electron chi connectivity index (χ1n) is 4.21. The molecule has 0 bridgehead atoms. The molecule has 5 nitrogen and oxygen atoms in total. The summed E-state index contributed by atoms with van der Waals surface area (Å²) < 4.78 is 0.642. The molecule has 0 saturated carbocycles. The van der Waals surface area contributed by atoms with E-state index in [0.717, 1.165) is 5.71 Å². The number of hydrogen-bond donors (Lipinski definition) is 1. The minimum absolute atomic E-state index is 0.0239. The van der Waals surface area contributed by atoms with Crippen LogP contribution in [0.5, 0.6) is 0 Å². The molecule has 1 aromatic carbocycles. The van der Waals surface area contributed by atoms with Gasteiger partial charge in [-0.3, -0.25) is 15.5 Å². The lowest BCUT2D eigenvalue weighted by atomic mass is 10.3. The molecule has 0 spiro atoms. The molecular formula is C9H10BrN3O2. The Morgan fingerprint density at radius 1 is 1.47 bits per heavy atom. The van der Waals surface area contributed by atoms with E-state index in [0.29, 0.717) is 10.2 Å². The number of nitrogens with one attached hydrogen (secondary N) is 1. The Kier molecular flexibility index (Phi) is 3.79. The minimum Gasteiger partial charge on any atom is -0.278 e. The van der Waals surface area contributed by atoms with Crippen LogP contribution >= 0.6 is 15.9 Å². The zero-order chi connectivity index (χ0) is 11.4. The maximum atomic E-state index is 10.6.